The molecule has 4 heteroatoms. The average Bonchev–Trinajstić information content (AvgIpc) is 2.16. The minimum atomic E-state index is -0.389. The zero-order chi connectivity index (χ0) is 12.1. The van der Waals surface area contributed by atoms with E-state index in [1.54, 1.807) is 25.1 Å². The van der Waals surface area contributed by atoms with Crippen LogP contribution in [0.5, 0.6) is 5.75 Å². The predicted octanol–water partition coefficient (Wildman–Crippen LogP) is 3.33. The maximum atomic E-state index is 10.9. The van der Waals surface area contributed by atoms with Crippen molar-refractivity contribution in [3.05, 3.63) is 33.9 Å². The number of hydrogen-bond donors (Lipinski definition) is 0. The lowest BCUT2D eigenvalue weighted by molar-refractivity contribution is -0.386. The van der Waals surface area contributed by atoms with Crippen LogP contribution in [-0.2, 0) is 0 Å². The molecule has 0 saturated carbocycles. The highest BCUT2D eigenvalue weighted by atomic mass is 16.6. The van der Waals surface area contributed by atoms with Gasteiger partial charge in [-0.25, -0.2) is 0 Å². The van der Waals surface area contributed by atoms with Gasteiger partial charge in [0.25, 0.3) is 0 Å². The molecule has 0 atom stereocenters. The lowest BCUT2D eigenvalue weighted by atomic mass is 10.1. The third-order valence-electron chi connectivity index (χ3n) is 2.34. The molecular formula is C12H17NO3. The van der Waals surface area contributed by atoms with Gasteiger partial charge in [0.2, 0.25) is 0 Å². The number of nitrogens with zero attached hydrogens (tertiary/aromatic N) is 1. The van der Waals surface area contributed by atoms with Crippen molar-refractivity contribution in [1.82, 2.24) is 0 Å². The maximum absolute atomic E-state index is 10.9. The van der Waals surface area contributed by atoms with Crippen LogP contribution in [0.1, 0.15) is 25.8 Å². The van der Waals surface area contributed by atoms with Gasteiger partial charge in [0.05, 0.1) is 11.5 Å². The molecule has 4 nitrogen and oxygen atoms in total. The van der Waals surface area contributed by atoms with Crippen molar-refractivity contribution in [3.8, 4) is 5.75 Å². The van der Waals surface area contributed by atoms with Gasteiger partial charge in [-0.3, -0.25) is 10.1 Å². The lowest BCUT2D eigenvalue weighted by Gasteiger charge is -2.09. The third-order valence-corrected chi connectivity index (χ3v) is 2.34. The summed E-state index contributed by atoms with van der Waals surface area (Å²) in [5.41, 5.74) is 0.707. The molecule has 0 fully saturated rings. The molecule has 88 valence electrons. The number of benzene rings is 1. The van der Waals surface area contributed by atoms with Crippen molar-refractivity contribution in [2.24, 2.45) is 5.92 Å². The van der Waals surface area contributed by atoms with E-state index < -0.39 is 0 Å². The number of hydrogen-bond acceptors (Lipinski definition) is 3. The first-order chi connectivity index (χ1) is 7.52. The van der Waals surface area contributed by atoms with Gasteiger partial charge in [0, 0.05) is 5.56 Å². The minimum Gasteiger partial charge on any atom is -0.487 e. The Morgan fingerprint density at radius 3 is 2.69 bits per heavy atom. The van der Waals surface area contributed by atoms with Crippen LogP contribution in [0.15, 0.2) is 18.2 Å². The molecule has 0 aliphatic heterocycles. The fourth-order valence-electron chi connectivity index (χ4n) is 1.39. The second kappa shape index (κ2) is 5.49. The van der Waals surface area contributed by atoms with Gasteiger partial charge in [-0.15, -0.1) is 0 Å². The Bertz CT molecular complexity index is 375. The molecule has 0 aromatic heterocycles. The second-order valence-electron chi connectivity index (χ2n) is 4.21. The van der Waals surface area contributed by atoms with Gasteiger partial charge in [-0.05, 0) is 25.3 Å². The van der Waals surface area contributed by atoms with Crippen molar-refractivity contribution in [2.75, 3.05) is 6.61 Å². The number of aryl methyl sites for hydroxylation is 1. The van der Waals surface area contributed by atoms with Crippen LogP contribution in [-0.4, -0.2) is 11.5 Å². The SMILES string of the molecule is Cc1cccc(OCCC(C)C)c1[N+](=O)[O-]. The molecule has 0 N–H and O–H groups in total. The van der Waals surface area contributed by atoms with E-state index >= 15 is 0 Å². The predicted molar refractivity (Wildman–Crippen MR) is 62.8 cm³/mol. The van der Waals surface area contributed by atoms with Crippen molar-refractivity contribution < 1.29 is 9.66 Å². The lowest BCUT2D eigenvalue weighted by Crippen LogP contribution is -2.04. The van der Waals surface area contributed by atoms with Crippen LogP contribution in [0.2, 0.25) is 0 Å². The number of nitro benzene ring substituents is 1. The number of para-hydroxylation sites is 1. The molecule has 0 radical (unpaired) electrons. The van der Waals surface area contributed by atoms with Gasteiger partial charge in [-0.2, -0.15) is 0 Å². The van der Waals surface area contributed by atoms with Crippen LogP contribution < -0.4 is 4.74 Å². The summed E-state index contributed by atoms with van der Waals surface area (Å²) in [6, 6.07) is 5.13. The Morgan fingerprint density at radius 2 is 2.12 bits per heavy atom. The fourth-order valence-corrected chi connectivity index (χ4v) is 1.39. The monoisotopic (exact) mass is 223 g/mol. The van der Waals surface area contributed by atoms with E-state index in [9.17, 15) is 10.1 Å². The molecule has 1 aromatic rings. The summed E-state index contributed by atoms with van der Waals surface area (Å²) in [7, 11) is 0. The Morgan fingerprint density at radius 1 is 1.44 bits per heavy atom. The Labute approximate surface area is 95.4 Å². The van der Waals surface area contributed by atoms with Crippen LogP contribution in [0.25, 0.3) is 0 Å². The van der Waals surface area contributed by atoms with Crippen LogP contribution in [0, 0.1) is 23.0 Å². The molecule has 0 amide bonds. The Hall–Kier alpha value is -1.58. The molecule has 0 unspecified atom stereocenters. The third kappa shape index (κ3) is 3.22. The standard InChI is InChI=1S/C12H17NO3/c1-9(2)7-8-16-11-6-4-5-10(3)12(11)13(14)15/h4-6,9H,7-8H2,1-3H3. The summed E-state index contributed by atoms with van der Waals surface area (Å²) in [6.45, 7) is 6.41. The zero-order valence-electron chi connectivity index (χ0n) is 9.90. The van der Waals surface area contributed by atoms with E-state index in [4.69, 9.17) is 4.74 Å². The number of nitro groups is 1. The fraction of sp³-hybridized carbons (Fsp3) is 0.500. The molecule has 1 rings (SSSR count). The van der Waals surface area contributed by atoms with Gasteiger partial charge in [-0.1, -0.05) is 26.0 Å². The molecule has 0 spiro atoms. The molecule has 0 aliphatic carbocycles. The molecule has 16 heavy (non-hydrogen) atoms. The summed E-state index contributed by atoms with van der Waals surface area (Å²) in [5, 5.41) is 10.9. The molecule has 1 aromatic carbocycles. The summed E-state index contributed by atoms with van der Waals surface area (Å²) < 4.78 is 5.45. The Kier molecular flexibility index (Phi) is 4.28. The van der Waals surface area contributed by atoms with Crippen molar-refractivity contribution >= 4 is 5.69 Å². The normalized spacial score (nSPS) is 10.5. The highest BCUT2D eigenvalue weighted by molar-refractivity contribution is 5.51. The average molecular weight is 223 g/mol. The van der Waals surface area contributed by atoms with Crippen LogP contribution in [0.4, 0.5) is 5.69 Å². The summed E-state index contributed by atoms with van der Waals surface area (Å²) >= 11 is 0. The second-order valence-corrected chi connectivity index (χ2v) is 4.21. The highest BCUT2D eigenvalue weighted by Gasteiger charge is 2.17. The highest BCUT2D eigenvalue weighted by Crippen LogP contribution is 2.30. The smallest absolute Gasteiger partial charge is 0.313 e. The molecule has 0 aliphatic rings. The van der Waals surface area contributed by atoms with E-state index in [2.05, 4.69) is 13.8 Å². The van der Waals surface area contributed by atoms with Crippen molar-refractivity contribution in [2.45, 2.75) is 27.2 Å². The molecule has 0 bridgehead atoms. The molecular weight excluding hydrogens is 206 g/mol. The summed E-state index contributed by atoms with van der Waals surface area (Å²) in [5.74, 6) is 0.898. The van der Waals surface area contributed by atoms with E-state index in [1.807, 2.05) is 0 Å². The van der Waals surface area contributed by atoms with E-state index in [0.717, 1.165) is 6.42 Å². The van der Waals surface area contributed by atoms with Crippen LogP contribution >= 0.6 is 0 Å². The summed E-state index contributed by atoms with van der Waals surface area (Å²) in [4.78, 5) is 10.5. The largest absolute Gasteiger partial charge is 0.487 e. The number of rotatable bonds is 5. The van der Waals surface area contributed by atoms with Crippen molar-refractivity contribution in [1.29, 1.82) is 0 Å². The van der Waals surface area contributed by atoms with Gasteiger partial charge in [0.1, 0.15) is 0 Å². The van der Waals surface area contributed by atoms with E-state index in [0.29, 0.717) is 23.8 Å². The zero-order valence-corrected chi connectivity index (χ0v) is 9.90. The first kappa shape index (κ1) is 12.5. The number of ether oxygens (including phenoxy) is 1. The van der Waals surface area contributed by atoms with Gasteiger partial charge < -0.3 is 4.74 Å². The maximum Gasteiger partial charge on any atom is 0.313 e. The first-order valence-corrected chi connectivity index (χ1v) is 5.39. The molecule has 0 heterocycles. The minimum absolute atomic E-state index is 0.0752. The van der Waals surface area contributed by atoms with E-state index in [-0.39, 0.29) is 10.6 Å². The quantitative estimate of drug-likeness (QED) is 0.568. The summed E-state index contributed by atoms with van der Waals surface area (Å²) in [6.07, 6.45) is 0.894. The van der Waals surface area contributed by atoms with Gasteiger partial charge in [0.15, 0.2) is 5.75 Å². The molecule has 0 saturated heterocycles. The first-order valence-electron chi connectivity index (χ1n) is 5.39. The van der Waals surface area contributed by atoms with Crippen molar-refractivity contribution in [3.63, 3.8) is 0 Å². The topological polar surface area (TPSA) is 52.4 Å². The van der Waals surface area contributed by atoms with Crippen LogP contribution in [0.3, 0.4) is 0 Å². The van der Waals surface area contributed by atoms with Gasteiger partial charge >= 0.3 is 5.69 Å². The Balaban J connectivity index is 2.79. The van der Waals surface area contributed by atoms with E-state index in [1.165, 1.54) is 0 Å².